The summed E-state index contributed by atoms with van der Waals surface area (Å²) in [6, 6.07) is 0.543. The quantitative estimate of drug-likeness (QED) is 0.253. The number of nitrogens with one attached hydrogen (secondary N) is 1. The van der Waals surface area contributed by atoms with E-state index in [4.69, 9.17) is 10.6 Å². The molecule has 5 nitrogen and oxygen atoms in total. The number of nitrogens with two attached hydrogens (primary N) is 1. The first-order valence-electron chi connectivity index (χ1n) is 6.43. The fraction of sp³-hybridized carbons (Fsp3) is 0.917. The molecule has 0 bridgehead atoms. The highest BCUT2D eigenvalue weighted by molar-refractivity contribution is 5.79. The second-order valence-corrected chi connectivity index (χ2v) is 4.78. The van der Waals surface area contributed by atoms with Crippen LogP contribution in [-0.2, 0) is 4.74 Å². The lowest BCUT2D eigenvalue weighted by Crippen LogP contribution is -2.50. The monoisotopic (exact) mass is 242 g/mol. The first-order valence-corrected chi connectivity index (χ1v) is 6.43. The molecule has 1 fully saturated rings. The molecule has 100 valence electrons. The average Bonchev–Trinajstić information content (AvgIpc) is 2.35. The van der Waals surface area contributed by atoms with Gasteiger partial charge in [-0.05, 0) is 18.8 Å². The SMILES string of the molecule is COCCN=C(NN)N(C)C1CCCCC1C. The van der Waals surface area contributed by atoms with Gasteiger partial charge in [0.05, 0.1) is 13.2 Å². The number of hydrogen-bond acceptors (Lipinski definition) is 3. The lowest BCUT2D eigenvalue weighted by molar-refractivity contribution is 0.196. The van der Waals surface area contributed by atoms with Crippen LogP contribution in [0.5, 0.6) is 0 Å². The molecule has 1 saturated carbocycles. The van der Waals surface area contributed by atoms with E-state index in [1.807, 2.05) is 0 Å². The van der Waals surface area contributed by atoms with Crippen molar-refractivity contribution in [3.63, 3.8) is 0 Å². The molecule has 3 N–H and O–H groups in total. The van der Waals surface area contributed by atoms with Crippen molar-refractivity contribution in [2.75, 3.05) is 27.3 Å². The molecule has 1 aliphatic carbocycles. The largest absolute Gasteiger partial charge is 0.383 e. The molecule has 0 heterocycles. The summed E-state index contributed by atoms with van der Waals surface area (Å²) in [5.41, 5.74) is 2.70. The Morgan fingerprint density at radius 1 is 1.47 bits per heavy atom. The highest BCUT2D eigenvalue weighted by Crippen LogP contribution is 2.27. The van der Waals surface area contributed by atoms with E-state index in [-0.39, 0.29) is 0 Å². The summed E-state index contributed by atoms with van der Waals surface area (Å²) in [4.78, 5) is 6.60. The lowest BCUT2D eigenvalue weighted by Gasteiger charge is -2.37. The Morgan fingerprint density at radius 3 is 2.76 bits per heavy atom. The summed E-state index contributed by atoms with van der Waals surface area (Å²) in [6.45, 7) is 3.57. The molecule has 0 aromatic carbocycles. The van der Waals surface area contributed by atoms with Gasteiger partial charge in [0.2, 0.25) is 5.96 Å². The zero-order valence-electron chi connectivity index (χ0n) is 11.3. The van der Waals surface area contributed by atoms with Crippen molar-refractivity contribution in [1.29, 1.82) is 0 Å². The molecule has 0 aliphatic heterocycles. The Morgan fingerprint density at radius 2 is 2.18 bits per heavy atom. The molecule has 17 heavy (non-hydrogen) atoms. The molecule has 2 atom stereocenters. The maximum atomic E-state index is 5.54. The van der Waals surface area contributed by atoms with E-state index in [0.29, 0.717) is 25.1 Å². The molecular weight excluding hydrogens is 216 g/mol. The van der Waals surface area contributed by atoms with Gasteiger partial charge in [-0.15, -0.1) is 0 Å². The molecule has 0 radical (unpaired) electrons. The van der Waals surface area contributed by atoms with Crippen molar-refractivity contribution in [1.82, 2.24) is 10.3 Å². The van der Waals surface area contributed by atoms with Crippen LogP contribution in [0.1, 0.15) is 32.6 Å². The van der Waals surface area contributed by atoms with Crippen molar-refractivity contribution >= 4 is 5.96 Å². The number of hydrogen-bond donors (Lipinski definition) is 2. The number of guanidine groups is 1. The van der Waals surface area contributed by atoms with E-state index in [1.165, 1.54) is 25.7 Å². The molecule has 0 amide bonds. The van der Waals surface area contributed by atoms with Gasteiger partial charge in [0, 0.05) is 20.2 Å². The van der Waals surface area contributed by atoms with Crippen molar-refractivity contribution in [2.45, 2.75) is 38.6 Å². The number of hydrazine groups is 1. The minimum atomic E-state index is 0.543. The molecular formula is C12H26N4O. The van der Waals surface area contributed by atoms with Gasteiger partial charge in [-0.25, -0.2) is 10.8 Å². The smallest absolute Gasteiger partial charge is 0.208 e. The van der Waals surface area contributed by atoms with Gasteiger partial charge >= 0.3 is 0 Å². The molecule has 0 spiro atoms. The Labute approximate surface area is 104 Å². The van der Waals surface area contributed by atoms with Crippen LogP contribution in [-0.4, -0.2) is 44.2 Å². The van der Waals surface area contributed by atoms with Crippen molar-refractivity contribution < 1.29 is 4.74 Å². The van der Waals surface area contributed by atoms with Crippen molar-refractivity contribution in [3.05, 3.63) is 0 Å². The van der Waals surface area contributed by atoms with Crippen molar-refractivity contribution in [2.24, 2.45) is 16.8 Å². The van der Waals surface area contributed by atoms with E-state index >= 15 is 0 Å². The zero-order valence-corrected chi connectivity index (χ0v) is 11.3. The molecule has 0 aromatic heterocycles. The normalized spacial score (nSPS) is 25.8. The van der Waals surface area contributed by atoms with E-state index in [1.54, 1.807) is 7.11 Å². The molecule has 0 saturated heterocycles. The van der Waals surface area contributed by atoms with Crippen LogP contribution in [0.25, 0.3) is 0 Å². The highest BCUT2D eigenvalue weighted by atomic mass is 16.5. The number of methoxy groups -OCH3 is 1. The summed E-state index contributed by atoms with van der Waals surface area (Å²) < 4.78 is 4.99. The van der Waals surface area contributed by atoms with Gasteiger partial charge in [-0.1, -0.05) is 19.8 Å². The maximum Gasteiger partial charge on any atom is 0.208 e. The molecule has 2 unspecified atom stereocenters. The predicted octanol–water partition coefficient (Wildman–Crippen LogP) is 0.963. The molecule has 1 aliphatic rings. The van der Waals surface area contributed by atoms with Crippen LogP contribution in [0.4, 0.5) is 0 Å². The van der Waals surface area contributed by atoms with Crippen molar-refractivity contribution in [3.8, 4) is 0 Å². The second kappa shape index (κ2) is 7.50. The van der Waals surface area contributed by atoms with E-state index in [9.17, 15) is 0 Å². The minimum absolute atomic E-state index is 0.543. The molecule has 0 aromatic rings. The Kier molecular flexibility index (Phi) is 6.29. The highest BCUT2D eigenvalue weighted by Gasteiger charge is 2.26. The second-order valence-electron chi connectivity index (χ2n) is 4.78. The summed E-state index contributed by atoms with van der Waals surface area (Å²) in [7, 11) is 3.75. The third-order valence-electron chi connectivity index (χ3n) is 3.58. The van der Waals surface area contributed by atoms with Gasteiger partial charge in [0.1, 0.15) is 0 Å². The fourth-order valence-corrected chi connectivity index (χ4v) is 2.53. The molecule has 1 rings (SSSR count). The van der Waals surface area contributed by atoms with Crippen LogP contribution >= 0.6 is 0 Å². The van der Waals surface area contributed by atoms with E-state index in [2.05, 4.69) is 29.3 Å². The summed E-state index contributed by atoms with van der Waals surface area (Å²) in [5, 5.41) is 0. The van der Waals surface area contributed by atoms with Gasteiger partial charge in [0.25, 0.3) is 0 Å². The van der Waals surface area contributed by atoms with Crippen LogP contribution in [0.2, 0.25) is 0 Å². The average molecular weight is 242 g/mol. The number of ether oxygens (including phenoxy) is 1. The number of aliphatic imine (C=N–C) groups is 1. The number of rotatable bonds is 4. The zero-order chi connectivity index (χ0) is 12.7. The van der Waals surface area contributed by atoms with Gasteiger partial charge in [-0.2, -0.15) is 0 Å². The fourth-order valence-electron chi connectivity index (χ4n) is 2.53. The first-order chi connectivity index (χ1) is 8.20. The maximum absolute atomic E-state index is 5.54. The molecule has 5 heteroatoms. The first kappa shape index (κ1) is 14.3. The van der Waals surface area contributed by atoms with Gasteiger partial charge < -0.3 is 9.64 Å². The van der Waals surface area contributed by atoms with E-state index in [0.717, 1.165) is 5.96 Å². The Bertz CT molecular complexity index is 245. The third-order valence-corrected chi connectivity index (χ3v) is 3.58. The van der Waals surface area contributed by atoms with Gasteiger partial charge in [-0.3, -0.25) is 5.43 Å². The third kappa shape index (κ3) is 4.16. The predicted molar refractivity (Wildman–Crippen MR) is 70.7 cm³/mol. The minimum Gasteiger partial charge on any atom is -0.383 e. The summed E-state index contributed by atoms with van der Waals surface area (Å²) in [5.74, 6) is 7.01. The van der Waals surface area contributed by atoms with Crippen LogP contribution < -0.4 is 11.3 Å². The standard InChI is InChI=1S/C12H26N4O/c1-10-6-4-5-7-11(10)16(2)12(15-13)14-8-9-17-3/h10-11H,4-9,13H2,1-3H3,(H,14,15). The summed E-state index contributed by atoms with van der Waals surface area (Å²) in [6.07, 6.45) is 5.17. The van der Waals surface area contributed by atoms with Crippen LogP contribution in [0.15, 0.2) is 4.99 Å². The van der Waals surface area contributed by atoms with Crippen LogP contribution in [0.3, 0.4) is 0 Å². The number of nitrogens with zero attached hydrogens (tertiary/aromatic N) is 2. The van der Waals surface area contributed by atoms with Gasteiger partial charge in [0.15, 0.2) is 0 Å². The Hall–Kier alpha value is -0.810. The Balaban J connectivity index is 2.57. The topological polar surface area (TPSA) is 62.9 Å². The summed E-state index contributed by atoms with van der Waals surface area (Å²) >= 11 is 0. The van der Waals surface area contributed by atoms with E-state index < -0.39 is 0 Å². The lowest BCUT2D eigenvalue weighted by atomic mass is 9.85. The van der Waals surface area contributed by atoms with Crippen LogP contribution in [0, 0.1) is 5.92 Å².